The van der Waals surface area contributed by atoms with Crippen LogP contribution in [0.2, 0.25) is 0 Å². The van der Waals surface area contributed by atoms with Crippen molar-refractivity contribution in [2.24, 2.45) is 5.73 Å². The molecule has 4 nitrogen and oxygen atoms in total. The summed E-state index contributed by atoms with van der Waals surface area (Å²) in [5, 5.41) is 5.41. The monoisotopic (exact) mass is 253 g/mol. The molecule has 0 aliphatic rings. The Hall–Kier alpha value is -1.11. The molecule has 0 atom stereocenters. The van der Waals surface area contributed by atoms with Crippen molar-refractivity contribution >= 4 is 28.5 Å². The van der Waals surface area contributed by atoms with E-state index >= 15 is 0 Å². The largest absolute Gasteiger partial charge is 0.330 e. The molecule has 0 aliphatic heterocycles. The van der Waals surface area contributed by atoms with Gasteiger partial charge >= 0.3 is 0 Å². The van der Waals surface area contributed by atoms with Crippen LogP contribution in [0.15, 0.2) is 17.0 Å². The van der Waals surface area contributed by atoms with E-state index < -0.39 is 0 Å². The minimum Gasteiger partial charge on any atom is -0.330 e. The van der Waals surface area contributed by atoms with Crippen LogP contribution in [-0.2, 0) is 12.8 Å². The van der Waals surface area contributed by atoms with Gasteiger partial charge in [0.2, 0.25) is 0 Å². The molecule has 0 unspecified atom stereocenters. The molecular formula is C10H11N3OS2. The second kappa shape index (κ2) is 5.29. The van der Waals surface area contributed by atoms with Gasteiger partial charge in [-0.15, -0.1) is 22.7 Å². The zero-order chi connectivity index (χ0) is 11.4. The molecule has 16 heavy (non-hydrogen) atoms. The molecule has 0 bridgehead atoms. The molecule has 84 valence electrons. The molecule has 2 aromatic rings. The highest BCUT2D eigenvalue weighted by Crippen LogP contribution is 2.13. The van der Waals surface area contributed by atoms with E-state index in [1.807, 2.05) is 5.38 Å². The molecule has 2 rings (SSSR count). The van der Waals surface area contributed by atoms with E-state index in [1.165, 1.54) is 22.7 Å². The Morgan fingerprint density at radius 1 is 1.38 bits per heavy atom. The molecule has 0 fully saturated rings. The minimum absolute atomic E-state index is 0.0227. The Morgan fingerprint density at radius 2 is 2.25 bits per heavy atom. The van der Waals surface area contributed by atoms with Crippen molar-refractivity contribution in [3.8, 4) is 0 Å². The lowest BCUT2D eigenvalue weighted by Gasteiger charge is -1.93. The molecule has 0 spiro atoms. The Balaban J connectivity index is 2.03. The highest BCUT2D eigenvalue weighted by Gasteiger charge is 2.12. The van der Waals surface area contributed by atoms with Crippen LogP contribution in [0.4, 0.5) is 0 Å². The van der Waals surface area contributed by atoms with Crippen molar-refractivity contribution < 1.29 is 4.79 Å². The van der Waals surface area contributed by atoms with Crippen LogP contribution in [0.3, 0.4) is 0 Å². The Morgan fingerprint density at radius 3 is 2.94 bits per heavy atom. The fourth-order valence-corrected chi connectivity index (χ4v) is 2.68. The number of rotatable bonds is 5. The molecule has 0 aromatic carbocycles. The number of nitrogens with zero attached hydrogens (tertiary/aromatic N) is 2. The number of carbonyl (C=O) groups excluding carboxylic acids is 1. The normalized spacial score (nSPS) is 10.6. The summed E-state index contributed by atoms with van der Waals surface area (Å²) < 4.78 is 0. The smallest absolute Gasteiger partial charge is 0.188 e. The van der Waals surface area contributed by atoms with Gasteiger partial charge in [0.25, 0.3) is 0 Å². The summed E-state index contributed by atoms with van der Waals surface area (Å²) in [6.45, 7) is 0.563. The van der Waals surface area contributed by atoms with Crippen LogP contribution in [0.5, 0.6) is 0 Å². The average Bonchev–Trinajstić information content (AvgIpc) is 2.89. The van der Waals surface area contributed by atoms with Gasteiger partial charge in [0, 0.05) is 23.4 Å². The summed E-state index contributed by atoms with van der Waals surface area (Å²) in [5.41, 5.74) is 5.96. The zero-order valence-electron chi connectivity index (χ0n) is 8.55. The SMILES string of the molecule is NCCc1nc(C(=O)Cc2nccs2)cs1. The van der Waals surface area contributed by atoms with Crippen molar-refractivity contribution in [1.29, 1.82) is 0 Å². The van der Waals surface area contributed by atoms with Crippen molar-refractivity contribution in [2.45, 2.75) is 12.8 Å². The summed E-state index contributed by atoms with van der Waals surface area (Å²) in [7, 11) is 0. The lowest BCUT2D eigenvalue weighted by molar-refractivity contribution is 0.0988. The van der Waals surface area contributed by atoms with E-state index in [1.54, 1.807) is 11.6 Å². The Kier molecular flexibility index (Phi) is 3.76. The third-order valence-electron chi connectivity index (χ3n) is 1.99. The van der Waals surface area contributed by atoms with E-state index in [9.17, 15) is 4.79 Å². The van der Waals surface area contributed by atoms with Crippen LogP contribution in [-0.4, -0.2) is 22.3 Å². The third kappa shape index (κ3) is 2.72. The first-order chi connectivity index (χ1) is 7.79. The van der Waals surface area contributed by atoms with Crippen molar-refractivity contribution in [2.75, 3.05) is 6.54 Å². The highest BCUT2D eigenvalue weighted by molar-refractivity contribution is 7.10. The number of aromatic nitrogens is 2. The molecular weight excluding hydrogens is 242 g/mol. The maximum Gasteiger partial charge on any atom is 0.188 e. The quantitative estimate of drug-likeness (QED) is 0.820. The molecule has 0 saturated heterocycles. The van der Waals surface area contributed by atoms with Gasteiger partial charge in [0.05, 0.1) is 11.4 Å². The van der Waals surface area contributed by atoms with Gasteiger partial charge in [-0.1, -0.05) is 0 Å². The number of nitrogens with two attached hydrogens (primary N) is 1. The molecule has 2 heterocycles. The molecule has 0 amide bonds. The summed E-state index contributed by atoms with van der Waals surface area (Å²) >= 11 is 2.97. The van der Waals surface area contributed by atoms with Gasteiger partial charge in [0.1, 0.15) is 10.7 Å². The number of hydrogen-bond donors (Lipinski definition) is 1. The topological polar surface area (TPSA) is 68.9 Å². The third-order valence-corrected chi connectivity index (χ3v) is 3.68. The van der Waals surface area contributed by atoms with Crippen LogP contribution in [0.25, 0.3) is 0 Å². The fraction of sp³-hybridized carbons (Fsp3) is 0.300. The second-order valence-electron chi connectivity index (χ2n) is 3.19. The highest BCUT2D eigenvalue weighted by atomic mass is 32.1. The van der Waals surface area contributed by atoms with Crippen LogP contribution in [0.1, 0.15) is 20.5 Å². The standard InChI is InChI=1S/C10H11N3OS2/c11-2-1-9-13-7(6-16-9)8(14)5-10-12-3-4-15-10/h3-4,6H,1-2,5,11H2. The minimum atomic E-state index is 0.0227. The first kappa shape index (κ1) is 11.4. The average molecular weight is 253 g/mol. The first-order valence-corrected chi connectivity index (χ1v) is 6.61. The Bertz CT molecular complexity index is 464. The number of ketones is 1. The van der Waals surface area contributed by atoms with Gasteiger partial charge < -0.3 is 5.73 Å². The van der Waals surface area contributed by atoms with E-state index in [0.717, 1.165) is 16.4 Å². The molecule has 2 N–H and O–H groups in total. The van der Waals surface area contributed by atoms with E-state index in [4.69, 9.17) is 5.73 Å². The summed E-state index contributed by atoms with van der Waals surface area (Å²) in [5.74, 6) is 0.0227. The van der Waals surface area contributed by atoms with Crippen molar-refractivity contribution in [1.82, 2.24) is 9.97 Å². The number of hydrogen-bond acceptors (Lipinski definition) is 6. The maximum absolute atomic E-state index is 11.8. The zero-order valence-corrected chi connectivity index (χ0v) is 10.2. The molecule has 0 radical (unpaired) electrons. The summed E-state index contributed by atoms with van der Waals surface area (Å²) in [6.07, 6.45) is 2.77. The Labute approximate surface area is 101 Å². The van der Waals surface area contributed by atoms with Crippen LogP contribution < -0.4 is 5.73 Å². The number of thiazole rings is 2. The van der Waals surface area contributed by atoms with E-state index in [0.29, 0.717) is 18.7 Å². The first-order valence-electron chi connectivity index (χ1n) is 4.85. The van der Waals surface area contributed by atoms with Crippen LogP contribution in [0, 0.1) is 0 Å². The van der Waals surface area contributed by atoms with Gasteiger partial charge in [-0.25, -0.2) is 9.97 Å². The molecule has 0 aliphatic carbocycles. The lowest BCUT2D eigenvalue weighted by atomic mass is 10.2. The summed E-state index contributed by atoms with van der Waals surface area (Å²) in [6, 6.07) is 0. The maximum atomic E-state index is 11.8. The van der Waals surface area contributed by atoms with Crippen molar-refractivity contribution in [3.63, 3.8) is 0 Å². The predicted molar refractivity (Wildman–Crippen MR) is 65.0 cm³/mol. The van der Waals surface area contributed by atoms with Crippen molar-refractivity contribution in [3.05, 3.63) is 32.7 Å². The van der Waals surface area contributed by atoms with E-state index in [-0.39, 0.29) is 5.78 Å². The molecule has 2 aromatic heterocycles. The molecule has 6 heteroatoms. The van der Waals surface area contributed by atoms with Gasteiger partial charge in [-0.05, 0) is 6.54 Å². The van der Waals surface area contributed by atoms with Gasteiger partial charge in [-0.2, -0.15) is 0 Å². The number of carbonyl (C=O) groups is 1. The second-order valence-corrected chi connectivity index (χ2v) is 5.11. The van der Waals surface area contributed by atoms with Gasteiger partial charge in [0.15, 0.2) is 5.78 Å². The van der Waals surface area contributed by atoms with E-state index in [2.05, 4.69) is 9.97 Å². The predicted octanol–water partition coefficient (Wildman–Crippen LogP) is 1.53. The van der Waals surface area contributed by atoms with Gasteiger partial charge in [-0.3, -0.25) is 4.79 Å². The number of Topliss-reactive ketones (excluding diaryl/α,β-unsaturated/α-hetero) is 1. The molecule has 0 saturated carbocycles. The van der Waals surface area contributed by atoms with Crippen LogP contribution >= 0.6 is 22.7 Å². The fourth-order valence-electron chi connectivity index (χ4n) is 1.25. The lowest BCUT2D eigenvalue weighted by Crippen LogP contribution is -2.05. The summed E-state index contributed by atoms with van der Waals surface area (Å²) in [4.78, 5) is 20.1.